The van der Waals surface area contributed by atoms with Gasteiger partial charge in [-0.05, 0) is 12.1 Å². The highest BCUT2D eigenvalue weighted by Crippen LogP contribution is 2.26. The van der Waals surface area contributed by atoms with Crippen molar-refractivity contribution in [3.05, 3.63) is 33.9 Å². The molecular formula is C12H15N3O3S. The molecule has 1 N–H and O–H groups in total. The molecule has 1 aromatic carbocycles. The predicted octanol–water partition coefficient (Wildman–Crippen LogP) is 1.83. The summed E-state index contributed by atoms with van der Waals surface area (Å²) < 4.78 is 0. The van der Waals surface area contributed by atoms with Gasteiger partial charge in [-0.2, -0.15) is 11.8 Å². The van der Waals surface area contributed by atoms with Gasteiger partial charge in [-0.15, -0.1) is 0 Å². The van der Waals surface area contributed by atoms with E-state index in [1.807, 2.05) is 11.8 Å². The first-order valence-electron chi connectivity index (χ1n) is 5.96. The quantitative estimate of drug-likeness (QED) is 0.675. The van der Waals surface area contributed by atoms with Crippen LogP contribution in [0, 0.1) is 10.1 Å². The fourth-order valence-corrected chi connectivity index (χ4v) is 2.88. The topological polar surface area (TPSA) is 75.5 Å². The number of anilines is 1. The van der Waals surface area contributed by atoms with Gasteiger partial charge < -0.3 is 10.2 Å². The first-order valence-corrected chi connectivity index (χ1v) is 7.12. The summed E-state index contributed by atoms with van der Waals surface area (Å²) in [6.07, 6.45) is 0. The molecular weight excluding hydrogens is 266 g/mol. The third-order valence-corrected chi connectivity index (χ3v) is 3.95. The number of nitro groups is 1. The van der Waals surface area contributed by atoms with Crippen LogP contribution >= 0.6 is 11.8 Å². The lowest BCUT2D eigenvalue weighted by Gasteiger charge is -2.26. The Kier molecular flexibility index (Phi) is 4.26. The summed E-state index contributed by atoms with van der Waals surface area (Å²) >= 11 is 1.81. The van der Waals surface area contributed by atoms with E-state index in [4.69, 9.17) is 0 Å². The van der Waals surface area contributed by atoms with E-state index in [9.17, 15) is 14.9 Å². The zero-order valence-electron chi connectivity index (χ0n) is 10.6. The van der Waals surface area contributed by atoms with E-state index in [1.54, 1.807) is 24.1 Å². The molecule has 102 valence electrons. The molecule has 1 heterocycles. The van der Waals surface area contributed by atoms with Crippen LogP contribution in [0.15, 0.2) is 18.2 Å². The first kappa shape index (κ1) is 13.7. The van der Waals surface area contributed by atoms with Crippen LogP contribution in [0.2, 0.25) is 0 Å². The zero-order chi connectivity index (χ0) is 13.8. The van der Waals surface area contributed by atoms with Crippen LogP contribution in [0.25, 0.3) is 0 Å². The molecule has 2 rings (SSSR count). The van der Waals surface area contributed by atoms with Crippen LogP contribution in [0.4, 0.5) is 11.4 Å². The van der Waals surface area contributed by atoms with E-state index in [0.29, 0.717) is 24.3 Å². The van der Waals surface area contributed by atoms with Gasteiger partial charge >= 0.3 is 0 Å². The van der Waals surface area contributed by atoms with Crippen LogP contribution in [0.1, 0.15) is 10.4 Å². The van der Waals surface area contributed by atoms with Crippen LogP contribution in [0.3, 0.4) is 0 Å². The summed E-state index contributed by atoms with van der Waals surface area (Å²) in [5.74, 6) is 1.70. The van der Waals surface area contributed by atoms with Gasteiger partial charge in [-0.1, -0.05) is 0 Å². The molecule has 7 heteroatoms. The van der Waals surface area contributed by atoms with Crippen molar-refractivity contribution in [3.63, 3.8) is 0 Å². The third-order valence-electron chi connectivity index (χ3n) is 3.01. The second-order valence-electron chi connectivity index (χ2n) is 4.14. The van der Waals surface area contributed by atoms with E-state index in [-0.39, 0.29) is 11.6 Å². The molecule has 1 fully saturated rings. The normalized spacial score (nSPS) is 15.1. The number of nitro benzene ring substituents is 1. The largest absolute Gasteiger partial charge is 0.383 e. The molecule has 1 aliphatic heterocycles. The monoisotopic (exact) mass is 281 g/mol. The van der Waals surface area contributed by atoms with E-state index in [0.717, 1.165) is 11.5 Å². The summed E-state index contributed by atoms with van der Waals surface area (Å²) in [6.45, 7) is 1.40. The molecule has 0 aliphatic carbocycles. The van der Waals surface area contributed by atoms with Crippen molar-refractivity contribution in [2.24, 2.45) is 0 Å². The summed E-state index contributed by atoms with van der Waals surface area (Å²) in [7, 11) is 1.62. The highest BCUT2D eigenvalue weighted by molar-refractivity contribution is 7.99. The lowest BCUT2D eigenvalue weighted by Crippen LogP contribution is -2.37. The number of carbonyl (C=O) groups excluding carboxylic acids is 1. The van der Waals surface area contributed by atoms with Gasteiger partial charge in [-0.25, -0.2) is 0 Å². The number of nitrogens with zero attached hydrogens (tertiary/aromatic N) is 2. The lowest BCUT2D eigenvalue weighted by molar-refractivity contribution is -0.384. The van der Waals surface area contributed by atoms with Crippen molar-refractivity contribution in [1.82, 2.24) is 4.90 Å². The Morgan fingerprint density at radius 1 is 1.42 bits per heavy atom. The minimum absolute atomic E-state index is 0.0697. The number of benzene rings is 1. The smallest absolute Gasteiger partial charge is 0.293 e. The molecule has 0 aromatic heterocycles. The maximum Gasteiger partial charge on any atom is 0.293 e. The number of hydrogen-bond acceptors (Lipinski definition) is 5. The molecule has 6 nitrogen and oxygen atoms in total. The zero-order valence-corrected chi connectivity index (χ0v) is 11.4. The number of hydrogen-bond donors (Lipinski definition) is 1. The first-order chi connectivity index (χ1) is 9.13. The van der Waals surface area contributed by atoms with Gasteiger partial charge in [0.15, 0.2) is 0 Å². The molecule has 0 atom stereocenters. The fraction of sp³-hybridized carbons (Fsp3) is 0.417. The fourth-order valence-electron chi connectivity index (χ4n) is 1.98. The van der Waals surface area contributed by atoms with Crippen molar-refractivity contribution in [2.75, 3.05) is 37.0 Å². The van der Waals surface area contributed by atoms with Gasteiger partial charge in [0.1, 0.15) is 5.69 Å². The maximum absolute atomic E-state index is 12.2. The maximum atomic E-state index is 12.2. The summed E-state index contributed by atoms with van der Waals surface area (Å²) in [5, 5.41) is 13.7. The Hall–Kier alpha value is -1.76. The van der Waals surface area contributed by atoms with Crippen molar-refractivity contribution in [1.29, 1.82) is 0 Å². The van der Waals surface area contributed by atoms with Crippen LogP contribution in [-0.4, -0.2) is 47.4 Å². The van der Waals surface area contributed by atoms with E-state index < -0.39 is 4.92 Å². The predicted molar refractivity (Wildman–Crippen MR) is 75.9 cm³/mol. The third kappa shape index (κ3) is 2.98. The van der Waals surface area contributed by atoms with Crippen LogP contribution in [-0.2, 0) is 0 Å². The number of carbonyl (C=O) groups is 1. The Morgan fingerprint density at radius 3 is 2.68 bits per heavy atom. The van der Waals surface area contributed by atoms with E-state index >= 15 is 0 Å². The average molecular weight is 281 g/mol. The molecule has 1 amide bonds. The van der Waals surface area contributed by atoms with Crippen LogP contribution < -0.4 is 5.32 Å². The Labute approximate surface area is 115 Å². The van der Waals surface area contributed by atoms with Crippen molar-refractivity contribution in [2.45, 2.75) is 0 Å². The van der Waals surface area contributed by atoms with Gasteiger partial charge in [0, 0.05) is 43.3 Å². The van der Waals surface area contributed by atoms with Gasteiger partial charge in [0.25, 0.3) is 11.6 Å². The van der Waals surface area contributed by atoms with Crippen molar-refractivity contribution >= 4 is 29.0 Å². The highest BCUT2D eigenvalue weighted by Gasteiger charge is 2.22. The van der Waals surface area contributed by atoms with E-state index in [2.05, 4.69) is 5.32 Å². The Morgan fingerprint density at radius 2 is 2.11 bits per heavy atom. The molecule has 1 aromatic rings. The minimum atomic E-state index is -0.478. The standard InChI is InChI=1S/C12H15N3O3S/c1-13-10-3-2-9(8-11(10)15(17)18)12(16)14-4-6-19-7-5-14/h2-3,8,13H,4-7H2,1H3. The minimum Gasteiger partial charge on any atom is -0.383 e. The van der Waals surface area contributed by atoms with Crippen LogP contribution in [0.5, 0.6) is 0 Å². The Balaban J connectivity index is 2.26. The number of nitrogens with one attached hydrogen (secondary N) is 1. The van der Waals surface area contributed by atoms with Gasteiger partial charge in [0.05, 0.1) is 4.92 Å². The highest BCUT2D eigenvalue weighted by atomic mass is 32.2. The summed E-state index contributed by atoms with van der Waals surface area (Å²) in [6, 6.07) is 4.54. The molecule has 0 spiro atoms. The molecule has 0 bridgehead atoms. The van der Waals surface area contributed by atoms with Crippen molar-refractivity contribution < 1.29 is 9.72 Å². The number of amides is 1. The Bertz CT molecular complexity index is 501. The molecule has 0 unspecified atom stereocenters. The van der Waals surface area contributed by atoms with Gasteiger partial charge in [0.2, 0.25) is 0 Å². The average Bonchev–Trinajstić information content (AvgIpc) is 2.46. The second kappa shape index (κ2) is 5.92. The number of thioether (sulfide) groups is 1. The van der Waals surface area contributed by atoms with E-state index in [1.165, 1.54) is 6.07 Å². The lowest BCUT2D eigenvalue weighted by atomic mass is 10.1. The molecule has 0 saturated carbocycles. The second-order valence-corrected chi connectivity index (χ2v) is 5.37. The SMILES string of the molecule is CNc1ccc(C(=O)N2CCSCC2)cc1[N+](=O)[O-]. The molecule has 1 saturated heterocycles. The van der Waals surface area contributed by atoms with Crippen molar-refractivity contribution in [3.8, 4) is 0 Å². The summed E-state index contributed by atoms with van der Waals surface area (Å²) in [4.78, 5) is 24.5. The molecule has 1 aliphatic rings. The summed E-state index contributed by atoms with van der Waals surface area (Å²) in [5.41, 5.74) is 0.716. The molecule has 19 heavy (non-hydrogen) atoms. The number of rotatable bonds is 3. The molecule has 0 radical (unpaired) electrons. The van der Waals surface area contributed by atoms with Gasteiger partial charge in [-0.3, -0.25) is 14.9 Å².